The monoisotopic (exact) mass is 341 g/mol. The van der Waals surface area contributed by atoms with Crippen molar-refractivity contribution in [2.24, 2.45) is 0 Å². The first kappa shape index (κ1) is 17.7. The minimum Gasteiger partial charge on any atom is -0.458 e. The molecule has 1 heterocycles. The topological polar surface area (TPSA) is 76.1 Å². The van der Waals surface area contributed by atoms with Crippen molar-refractivity contribution < 1.29 is 24.2 Å². The Morgan fingerprint density at radius 1 is 1.39 bits per heavy atom. The second-order valence-electron chi connectivity index (χ2n) is 6.24. The van der Waals surface area contributed by atoms with Crippen molar-refractivity contribution in [1.82, 2.24) is 0 Å². The number of benzene rings is 1. The van der Waals surface area contributed by atoms with E-state index in [4.69, 9.17) is 21.1 Å². The first-order chi connectivity index (χ1) is 10.7. The highest BCUT2D eigenvalue weighted by Gasteiger charge is 2.41. The van der Waals surface area contributed by atoms with Crippen LogP contribution in [-0.4, -0.2) is 47.9 Å². The number of morpholine rings is 1. The van der Waals surface area contributed by atoms with E-state index >= 15 is 0 Å². The molecule has 0 aliphatic carbocycles. The minimum atomic E-state index is -1.67. The summed E-state index contributed by atoms with van der Waals surface area (Å²) in [5, 5.41) is 10.7. The number of halogens is 1. The molecule has 1 aromatic rings. The Morgan fingerprint density at radius 2 is 2.00 bits per heavy atom. The molecular weight excluding hydrogens is 322 g/mol. The lowest BCUT2D eigenvalue weighted by atomic mass is 10.1. The molecule has 2 atom stereocenters. The Bertz CT molecular complexity index is 581. The Kier molecular flexibility index (Phi) is 5.29. The van der Waals surface area contributed by atoms with Crippen LogP contribution in [0.1, 0.15) is 20.8 Å². The van der Waals surface area contributed by atoms with Crippen molar-refractivity contribution in [2.45, 2.75) is 38.6 Å². The van der Waals surface area contributed by atoms with Gasteiger partial charge in [-0.05, 0) is 45.0 Å². The van der Waals surface area contributed by atoms with Crippen LogP contribution in [0.5, 0.6) is 0 Å². The van der Waals surface area contributed by atoms with Crippen LogP contribution in [-0.2, 0) is 19.1 Å². The van der Waals surface area contributed by atoms with Crippen molar-refractivity contribution in [2.75, 3.05) is 18.1 Å². The van der Waals surface area contributed by atoms with Crippen molar-refractivity contribution in [3.05, 3.63) is 29.3 Å². The molecule has 1 aromatic carbocycles. The fraction of sp³-hybridized carbons (Fsp3) is 0.500. The molecule has 23 heavy (non-hydrogen) atoms. The maximum absolute atomic E-state index is 12.5. The van der Waals surface area contributed by atoms with Gasteiger partial charge in [0.15, 0.2) is 12.2 Å². The Morgan fingerprint density at radius 3 is 2.57 bits per heavy atom. The number of ether oxygens (including phenoxy) is 2. The minimum absolute atomic E-state index is 0.207. The zero-order valence-electron chi connectivity index (χ0n) is 13.3. The van der Waals surface area contributed by atoms with E-state index in [-0.39, 0.29) is 6.61 Å². The summed E-state index contributed by atoms with van der Waals surface area (Å²) in [5.41, 5.74) is -0.130. The van der Waals surface area contributed by atoms with Crippen molar-refractivity contribution in [3.8, 4) is 0 Å². The number of hydrogen-bond acceptors (Lipinski definition) is 5. The van der Waals surface area contributed by atoms with Crippen molar-refractivity contribution in [3.63, 3.8) is 0 Å². The lowest BCUT2D eigenvalue weighted by molar-refractivity contribution is -0.177. The number of rotatable bonds is 3. The van der Waals surface area contributed by atoms with Crippen molar-refractivity contribution >= 4 is 29.2 Å². The highest BCUT2D eigenvalue weighted by Crippen LogP contribution is 2.23. The molecule has 126 valence electrons. The van der Waals surface area contributed by atoms with E-state index in [1.807, 2.05) is 0 Å². The average molecular weight is 342 g/mol. The zero-order valence-corrected chi connectivity index (χ0v) is 14.0. The normalized spacial score (nSPS) is 20.3. The fourth-order valence-corrected chi connectivity index (χ4v) is 2.32. The van der Waals surface area contributed by atoms with E-state index in [0.717, 1.165) is 0 Å². The molecule has 1 amide bonds. The van der Waals surface area contributed by atoms with E-state index < -0.39 is 29.7 Å². The molecule has 0 radical (unpaired) electrons. The van der Waals surface area contributed by atoms with Gasteiger partial charge >= 0.3 is 5.97 Å². The molecule has 1 aliphatic heterocycles. The highest BCUT2D eigenvalue weighted by molar-refractivity contribution is 6.30. The van der Waals surface area contributed by atoms with E-state index in [2.05, 4.69) is 0 Å². The van der Waals surface area contributed by atoms with Gasteiger partial charge in [-0.3, -0.25) is 4.79 Å². The molecule has 0 spiro atoms. The SMILES string of the molecule is CC(C)(C)OC(=O)[C@H](O)[C@H]1OCCN(c2ccc(Cl)cc2)C1=O. The molecule has 1 fully saturated rings. The summed E-state index contributed by atoms with van der Waals surface area (Å²) in [5.74, 6) is -1.37. The third-order valence-corrected chi connectivity index (χ3v) is 3.45. The number of hydrogen-bond donors (Lipinski definition) is 1. The number of nitrogens with zero attached hydrogens (tertiary/aromatic N) is 1. The third kappa shape index (κ3) is 4.43. The van der Waals surface area contributed by atoms with E-state index in [1.54, 1.807) is 45.0 Å². The summed E-state index contributed by atoms with van der Waals surface area (Å²) in [6.45, 7) is 5.58. The lowest BCUT2D eigenvalue weighted by Gasteiger charge is -2.34. The molecular formula is C16H20ClNO5. The summed E-state index contributed by atoms with van der Waals surface area (Å²) < 4.78 is 10.4. The molecule has 0 saturated carbocycles. The second-order valence-corrected chi connectivity index (χ2v) is 6.67. The molecule has 0 bridgehead atoms. The molecule has 2 rings (SSSR count). The Labute approximate surface area is 139 Å². The second kappa shape index (κ2) is 6.86. The molecule has 1 saturated heterocycles. The van der Waals surface area contributed by atoms with E-state index in [9.17, 15) is 14.7 Å². The first-order valence-corrected chi connectivity index (χ1v) is 7.66. The largest absolute Gasteiger partial charge is 0.458 e. The maximum Gasteiger partial charge on any atom is 0.338 e. The van der Waals surface area contributed by atoms with Gasteiger partial charge in [-0.1, -0.05) is 11.6 Å². The van der Waals surface area contributed by atoms with Gasteiger partial charge in [0.1, 0.15) is 5.60 Å². The van der Waals surface area contributed by atoms with E-state index in [0.29, 0.717) is 17.3 Å². The van der Waals surface area contributed by atoms with Crippen LogP contribution < -0.4 is 4.90 Å². The number of anilines is 1. The summed E-state index contributed by atoms with van der Waals surface area (Å²) in [4.78, 5) is 25.9. The molecule has 0 unspecified atom stereocenters. The fourth-order valence-electron chi connectivity index (χ4n) is 2.20. The molecule has 7 heteroatoms. The van der Waals surface area contributed by atoms with Gasteiger partial charge in [-0.2, -0.15) is 0 Å². The van der Waals surface area contributed by atoms with Gasteiger partial charge in [-0.15, -0.1) is 0 Å². The molecule has 1 aliphatic rings. The summed E-state index contributed by atoms with van der Waals surface area (Å²) >= 11 is 5.84. The number of carbonyl (C=O) groups is 2. The average Bonchev–Trinajstić information content (AvgIpc) is 2.46. The Balaban J connectivity index is 2.13. The summed E-state index contributed by atoms with van der Waals surface area (Å²) in [7, 11) is 0. The molecule has 6 nitrogen and oxygen atoms in total. The van der Waals surface area contributed by atoms with Crippen LogP contribution in [0.3, 0.4) is 0 Å². The van der Waals surface area contributed by atoms with Crippen molar-refractivity contribution in [1.29, 1.82) is 0 Å². The van der Waals surface area contributed by atoms with Crippen LogP contribution in [0.25, 0.3) is 0 Å². The van der Waals surface area contributed by atoms with Crippen LogP contribution in [0, 0.1) is 0 Å². The standard InChI is InChI=1S/C16H20ClNO5/c1-16(2,3)23-15(21)12(19)13-14(20)18(8-9-22-13)11-6-4-10(17)5-7-11/h4-7,12-13,19H,8-9H2,1-3H3/t12-,13-/m1/s1. The van der Waals surface area contributed by atoms with Gasteiger partial charge in [0.05, 0.1) is 6.61 Å². The Hall–Kier alpha value is -1.63. The highest BCUT2D eigenvalue weighted by atomic mass is 35.5. The van der Waals surface area contributed by atoms with Gasteiger partial charge in [0, 0.05) is 17.3 Å². The number of amides is 1. The third-order valence-electron chi connectivity index (χ3n) is 3.20. The number of carbonyl (C=O) groups excluding carboxylic acids is 2. The molecule has 0 aromatic heterocycles. The molecule has 1 N–H and O–H groups in total. The van der Waals surface area contributed by atoms with Gasteiger partial charge in [0.25, 0.3) is 5.91 Å². The van der Waals surface area contributed by atoms with Crippen LogP contribution >= 0.6 is 11.6 Å². The number of aliphatic hydroxyl groups excluding tert-OH is 1. The predicted molar refractivity (Wildman–Crippen MR) is 85.4 cm³/mol. The van der Waals surface area contributed by atoms with Crippen LogP contribution in [0.15, 0.2) is 24.3 Å². The number of aliphatic hydroxyl groups is 1. The smallest absolute Gasteiger partial charge is 0.338 e. The van der Waals surface area contributed by atoms with Crippen LogP contribution in [0.2, 0.25) is 5.02 Å². The van der Waals surface area contributed by atoms with Gasteiger partial charge in [0.2, 0.25) is 0 Å². The first-order valence-electron chi connectivity index (χ1n) is 7.28. The number of esters is 1. The lowest BCUT2D eigenvalue weighted by Crippen LogP contribution is -2.55. The quantitative estimate of drug-likeness (QED) is 0.848. The zero-order chi connectivity index (χ0) is 17.2. The van der Waals surface area contributed by atoms with Crippen LogP contribution in [0.4, 0.5) is 5.69 Å². The van der Waals surface area contributed by atoms with E-state index in [1.165, 1.54) is 4.90 Å². The predicted octanol–water partition coefficient (Wildman–Crippen LogP) is 1.77. The van der Waals surface area contributed by atoms with Gasteiger partial charge in [-0.25, -0.2) is 4.79 Å². The maximum atomic E-state index is 12.5. The van der Waals surface area contributed by atoms with Gasteiger partial charge < -0.3 is 19.5 Å². The summed E-state index contributed by atoms with van der Waals surface area (Å²) in [6.07, 6.45) is -2.95. The summed E-state index contributed by atoms with van der Waals surface area (Å²) in [6, 6.07) is 6.73.